The lowest BCUT2D eigenvalue weighted by atomic mass is 10.1. The van der Waals surface area contributed by atoms with Crippen LogP contribution in [0.5, 0.6) is 0 Å². The monoisotopic (exact) mass is 328 g/mol. The van der Waals surface area contributed by atoms with E-state index < -0.39 is 6.10 Å². The van der Waals surface area contributed by atoms with E-state index in [4.69, 9.17) is 0 Å². The molecule has 7 heteroatoms. The van der Waals surface area contributed by atoms with Gasteiger partial charge in [-0.25, -0.2) is 4.98 Å². The Morgan fingerprint density at radius 2 is 1.96 bits per heavy atom. The fraction of sp³-hybridized carbons (Fsp3) is 0.588. The van der Waals surface area contributed by atoms with Crippen LogP contribution in [0.25, 0.3) is 11.0 Å². The van der Waals surface area contributed by atoms with Gasteiger partial charge in [-0.3, -0.25) is 4.90 Å². The molecule has 2 fully saturated rings. The molecule has 7 nitrogen and oxygen atoms in total. The number of aryl methyl sites for hydroxylation is 2. The molecule has 2 unspecified atom stereocenters. The van der Waals surface area contributed by atoms with Gasteiger partial charge in [-0.2, -0.15) is 9.97 Å². The van der Waals surface area contributed by atoms with Gasteiger partial charge in [-0.05, 0) is 38.3 Å². The van der Waals surface area contributed by atoms with Crippen LogP contribution in [0, 0.1) is 13.8 Å². The number of hydrogen-bond donors (Lipinski definition) is 3. The van der Waals surface area contributed by atoms with Crippen LogP contribution in [0.2, 0.25) is 0 Å². The summed E-state index contributed by atoms with van der Waals surface area (Å²) < 4.78 is 0. The van der Waals surface area contributed by atoms with Gasteiger partial charge in [0.25, 0.3) is 0 Å². The van der Waals surface area contributed by atoms with E-state index in [9.17, 15) is 5.11 Å². The Labute approximate surface area is 141 Å². The van der Waals surface area contributed by atoms with Gasteiger partial charge in [0.1, 0.15) is 5.82 Å². The SMILES string of the molecule is CNc1nc(NC2CN(C3CC3)CC2O)nc2nc(C)cc(C)c12. The zero-order valence-electron chi connectivity index (χ0n) is 14.4. The fourth-order valence-corrected chi connectivity index (χ4v) is 3.59. The Balaban J connectivity index is 1.64. The van der Waals surface area contributed by atoms with E-state index >= 15 is 0 Å². The highest BCUT2D eigenvalue weighted by atomic mass is 16.3. The molecule has 2 atom stereocenters. The molecule has 1 aliphatic carbocycles. The number of aromatic nitrogens is 3. The number of nitrogens with zero attached hydrogens (tertiary/aromatic N) is 4. The Morgan fingerprint density at radius 1 is 1.17 bits per heavy atom. The smallest absolute Gasteiger partial charge is 0.227 e. The highest BCUT2D eigenvalue weighted by Crippen LogP contribution is 2.31. The van der Waals surface area contributed by atoms with E-state index in [2.05, 4.69) is 30.5 Å². The Bertz CT molecular complexity index is 775. The van der Waals surface area contributed by atoms with Crippen LogP contribution in [0.15, 0.2) is 6.07 Å². The van der Waals surface area contributed by atoms with Crippen LogP contribution in [-0.2, 0) is 0 Å². The van der Waals surface area contributed by atoms with E-state index in [0.717, 1.165) is 35.6 Å². The van der Waals surface area contributed by atoms with Crippen molar-refractivity contribution < 1.29 is 5.11 Å². The standard InChI is InChI=1S/C17H24N6O/c1-9-6-10(2)19-16-14(9)15(18-3)21-17(22-16)20-12-7-23(8-13(12)24)11-4-5-11/h6,11-13,24H,4-5,7-8H2,1-3H3,(H2,18,19,20,21,22). The van der Waals surface area contributed by atoms with Crippen LogP contribution in [0.1, 0.15) is 24.1 Å². The maximum atomic E-state index is 10.3. The molecule has 3 heterocycles. The number of fused-ring (bicyclic) bond motifs is 1. The zero-order valence-corrected chi connectivity index (χ0v) is 14.4. The van der Waals surface area contributed by atoms with E-state index in [0.29, 0.717) is 17.6 Å². The molecule has 24 heavy (non-hydrogen) atoms. The number of aliphatic hydroxyl groups is 1. The van der Waals surface area contributed by atoms with Crippen LogP contribution >= 0.6 is 0 Å². The molecular weight excluding hydrogens is 304 g/mol. The minimum Gasteiger partial charge on any atom is -0.390 e. The van der Waals surface area contributed by atoms with Crippen LogP contribution in [0.3, 0.4) is 0 Å². The molecule has 0 spiro atoms. The van der Waals surface area contributed by atoms with E-state index in [1.807, 2.05) is 27.0 Å². The summed E-state index contributed by atoms with van der Waals surface area (Å²) in [5.41, 5.74) is 2.72. The molecule has 2 aromatic heterocycles. The number of β-amino-alcohol motifs (C(OH)–C–C–N with tert-alkyl or cyclic N) is 1. The number of hydrogen-bond acceptors (Lipinski definition) is 7. The summed E-state index contributed by atoms with van der Waals surface area (Å²) in [7, 11) is 1.85. The van der Waals surface area contributed by atoms with Crippen LogP contribution in [0.4, 0.5) is 11.8 Å². The number of likely N-dealkylation sites (tertiary alicyclic amines) is 1. The number of anilines is 2. The summed E-state index contributed by atoms with van der Waals surface area (Å²) in [5, 5.41) is 17.7. The predicted molar refractivity (Wildman–Crippen MR) is 94.4 cm³/mol. The van der Waals surface area contributed by atoms with Gasteiger partial charge >= 0.3 is 0 Å². The van der Waals surface area contributed by atoms with Gasteiger partial charge in [0, 0.05) is 31.9 Å². The van der Waals surface area contributed by atoms with Crippen molar-refractivity contribution in [3.63, 3.8) is 0 Å². The van der Waals surface area contributed by atoms with E-state index in [1.165, 1.54) is 12.8 Å². The largest absolute Gasteiger partial charge is 0.390 e. The van der Waals surface area contributed by atoms with Crippen molar-refractivity contribution in [2.24, 2.45) is 0 Å². The summed E-state index contributed by atoms with van der Waals surface area (Å²) in [6.45, 7) is 5.57. The first-order valence-corrected chi connectivity index (χ1v) is 8.57. The van der Waals surface area contributed by atoms with Gasteiger partial charge in [0.05, 0.1) is 17.5 Å². The average Bonchev–Trinajstić information content (AvgIpc) is 3.31. The average molecular weight is 328 g/mol. The van der Waals surface area contributed by atoms with Gasteiger partial charge in [0.2, 0.25) is 5.95 Å². The van der Waals surface area contributed by atoms with Crippen molar-refractivity contribution in [1.29, 1.82) is 0 Å². The van der Waals surface area contributed by atoms with E-state index in [-0.39, 0.29) is 6.04 Å². The second-order valence-corrected chi connectivity index (χ2v) is 6.93. The molecule has 0 bridgehead atoms. The Kier molecular flexibility index (Phi) is 3.77. The maximum Gasteiger partial charge on any atom is 0.227 e. The molecule has 0 radical (unpaired) electrons. The van der Waals surface area contributed by atoms with Crippen LogP contribution in [-0.4, -0.2) is 63.3 Å². The van der Waals surface area contributed by atoms with Crippen molar-refractivity contribution >= 4 is 22.8 Å². The predicted octanol–water partition coefficient (Wildman–Crippen LogP) is 1.30. The van der Waals surface area contributed by atoms with Gasteiger partial charge in [0.15, 0.2) is 5.65 Å². The summed E-state index contributed by atoms with van der Waals surface area (Å²) in [6, 6.07) is 2.65. The lowest BCUT2D eigenvalue weighted by Crippen LogP contribution is -2.33. The quantitative estimate of drug-likeness (QED) is 0.780. The summed E-state index contributed by atoms with van der Waals surface area (Å²) >= 11 is 0. The molecule has 0 aromatic carbocycles. The van der Waals surface area contributed by atoms with Gasteiger partial charge in [-0.1, -0.05) is 0 Å². The highest BCUT2D eigenvalue weighted by Gasteiger charge is 2.39. The first-order valence-electron chi connectivity index (χ1n) is 8.57. The fourth-order valence-electron chi connectivity index (χ4n) is 3.59. The topological polar surface area (TPSA) is 86.2 Å². The molecule has 0 amide bonds. The summed E-state index contributed by atoms with van der Waals surface area (Å²) in [4.78, 5) is 16.1. The van der Waals surface area contributed by atoms with Crippen molar-refractivity contribution in [1.82, 2.24) is 19.9 Å². The number of aliphatic hydroxyl groups excluding tert-OH is 1. The lowest BCUT2D eigenvalue weighted by Gasteiger charge is -2.17. The first kappa shape index (κ1) is 15.5. The molecule has 128 valence electrons. The first-order chi connectivity index (χ1) is 11.5. The van der Waals surface area contributed by atoms with Crippen LogP contribution < -0.4 is 10.6 Å². The van der Waals surface area contributed by atoms with Crippen molar-refractivity contribution in [2.75, 3.05) is 30.8 Å². The lowest BCUT2D eigenvalue weighted by molar-refractivity contribution is 0.167. The third kappa shape index (κ3) is 2.78. The molecule has 1 saturated heterocycles. The molecule has 2 aliphatic rings. The Morgan fingerprint density at radius 3 is 2.67 bits per heavy atom. The number of rotatable bonds is 4. The summed E-state index contributed by atoms with van der Waals surface area (Å²) in [5.74, 6) is 1.28. The number of pyridine rings is 1. The maximum absolute atomic E-state index is 10.3. The molecule has 3 N–H and O–H groups in total. The number of nitrogens with one attached hydrogen (secondary N) is 2. The van der Waals surface area contributed by atoms with Crippen molar-refractivity contribution in [3.8, 4) is 0 Å². The van der Waals surface area contributed by atoms with Crippen molar-refractivity contribution in [2.45, 2.75) is 44.9 Å². The summed E-state index contributed by atoms with van der Waals surface area (Å²) in [6.07, 6.45) is 2.10. The molecular formula is C17H24N6O. The zero-order chi connectivity index (χ0) is 16.8. The van der Waals surface area contributed by atoms with Crippen molar-refractivity contribution in [3.05, 3.63) is 17.3 Å². The second kappa shape index (κ2) is 5.82. The molecule has 4 rings (SSSR count). The molecule has 2 aromatic rings. The second-order valence-electron chi connectivity index (χ2n) is 6.93. The molecule has 1 saturated carbocycles. The Hall–Kier alpha value is -1.99. The van der Waals surface area contributed by atoms with E-state index in [1.54, 1.807) is 0 Å². The van der Waals surface area contributed by atoms with Gasteiger partial charge in [-0.15, -0.1) is 0 Å². The highest BCUT2D eigenvalue weighted by molar-refractivity contribution is 5.90. The normalized spacial score (nSPS) is 24.5. The minimum absolute atomic E-state index is 0.0429. The minimum atomic E-state index is -0.393. The third-order valence-electron chi connectivity index (χ3n) is 4.92. The third-order valence-corrected chi connectivity index (χ3v) is 4.92. The molecule has 1 aliphatic heterocycles. The van der Waals surface area contributed by atoms with Gasteiger partial charge < -0.3 is 15.7 Å².